The fourth-order valence-corrected chi connectivity index (χ4v) is 12.2. The van der Waals surface area contributed by atoms with Gasteiger partial charge in [0.15, 0.2) is 18.9 Å². The van der Waals surface area contributed by atoms with Crippen LogP contribution in [0.15, 0.2) is 97.2 Å². The second-order valence-corrected chi connectivity index (χ2v) is 26.4. The van der Waals surface area contributed by atoms with E-state index in [1.807, 2.05) is 0 Å². The van der Waals surface area contributed by atoms with Crippen LogP contribution in [-0.4, -0.2) is 193 Å². The normalized spacial score (nSPS) is 27.6. The van der Waals surface area contributed by atoms with Crippen molar-refractivity contribution in [2.24, 2.45) is 0 Å². The van der Waals surface area contributed by atoms with E-state index >= 15 is 0 Å². The van der Waals surface area contributed by atoms with Gasteiger partial charge in [-0.05, 0) is 77.0 Å². The number of allylic oxidation sites excluding steroid dienone is 16. The average Bonchev–Trinajstić information content (AvgIpc) is 0.787. The molecule has 0 saturated carbocycles. The number of aliphatic hydroxyl groups excluding tert-OH is 11. The highest BCUT2D eigenvalue weighted by molar-refractivity contribution is 5.76. The van der Waals surface area contributed by atoms with Gasteiger partial charge >= 0.3 is 0 Å². The van der Waals surface area contributed by atoms with Crippen molar-refractivity contribution in [1.29, 1.82) is 0 Å². The number of nitrogens with one attached hydrogen (secondary N) is 1. The predicted molar refractivity (Wildman–Crippen MR) is 378 cm³/mol. The summed E-state index contributed by atoms with van der Waals surface area (Å²) in [5.41, 5.74) is 0. The largest absolute Gasteiger partial charge is 0.394 e. The minimum Gasteiger partial charge on any atom is -0.394 e. The van der Waals surface area contributed by atoms with Crippen molar-refractivity contribution in [3.63, 3.8) is 0 Å². The van der Waals surface area contributed by atoms with Crippen molar-refractivity contribution < 1.29 is 89.4 Å². The molecule has 3 aliphatic rings. The molecule has 12 N–H and O–H groups in total. The van der Waals surface area contributed by atoms with Gasteiger partial charge in [0.25, 0.3) is 0 Å². The van der Waals surface area contributed by atoms with Crippen molar-refractivity contribution in [3.05, 3.63) is 97.2 Å². The van der Waals surface area contributed by atoms with Crippen LogP contribution in [0.5, 0.6) is 0 Å². The fraction of sp³-hybridized carbons (Fsp3) is 0.779. The maximum atomic E-state index is 13.5. The van der Waals surface area contributed by atoms with E-state index in [1.54, 1.807) is 0 Å². The van der Waals surface area contributed by atoms with Crippen molar-refractivity contribution >= 4 is 5.91 Å². The Morgan fingerprint density at radius 1 is 0.385 bits per heavy atom. The van der Waals surface area contributed by atoms with Gasteiger partial charge in [-0.2, -0.15) is 0 Å². The van der Waals surface area contributed by atoms with Crippen LogP contribution in [0.3, 0.4) is 0 Å². The molecule has 19 nitrogen and oxygen atoms in total. The van der Waals surface area contributed by atoms with E-state index in [0.29, 0.717) is 12.8 Å². The molecule has 3 heterocycles. The van der Waals surface area contributed by atoms with Gasteiger partial charge in [0.2, 0.25) is 5.91 Å². The molecule has 0 spiro atoms. The van der Waals surface area contributed by atoms with Crippen LogP contribution in [-0.2, 0) is 33.2 Å². The lowest BCUT2D eigenvalue weighted by Gasteiger charge is -2.48. The van der Waals surface area contributed by atoms with Crippen LogP contribution in [0, 0.1) is 0 Å². The fourth-order valence-electron chi connectivity index (χ4n) is 12.2. The Hall–Kier alpha value is -3.29. The molecule has 0 aromatic heterocycles. The Morgan fingerprint density at radius 2 is 0.719 bits per heavy atom. The molecular formula is C77H133NO18. The Kier molecular flexibility index (Phi) is 51.9. The number of ether oxygens (including phenoxy) is 6. The van der Waals surface area contributed by atoms with Crippen LogP contribution in [0.1, 0.15) is 251 Å². The molecule has 0 aromatic rings. The molecule has 1 amide bonds. The lowest BCUT2D eigenvalue weighted by molar-refractivity contribution is -0.379. The lowest BCUT2D eigenvalue weighted by Crippen LogP contribution is -2.66. The van der Waals surface area contributed by atoms with E-state index in [0.717, 1.165) is 116 Å². The molecule has 0 radical (unpaired) electrons. The molecule has 3 saturated heterocycles. The zero-order valence-electron chi connectivity index (χ0n) is 58.8. The lowest BCUT2D eigenvalue weighted by atomic mass is 9.96. The molecular weight excluding hydrogens is 1230 g/mol. The topological polar surface area (TPSA) is 307 Å². The van der Waals surface area contributed by atoms with Gasteiger partial charge in [-0.15, -0.1) is 0 Å². The highest BCUT2D eigenvalue weighted by Gasteiger charge is 2.53. The molecule has 17 atom stereocenters. The number of aliphatic hydroxyl groups is 11. The smallest absolute Gasteiger partial charge is 0.220 e. The molecule has 0 aromatic carbocycles. The zero-order chi connectivity index (χ0) is 69.6. The van der Waals surface area contributed by atoms with E-state index in [4.69, 9.17) is 28.4 Å². The summed E-state index contributed by atoms with van der Waals surface area (Å²) in [7, 11) is 0. The first-order chi connectivity index (χ1) is 46.8. The quantitative estimate of drug-likeness (QED) is 0.0199. The van der Waals surface area contributed by atoms with Crippen molar-refractivity contribution in [1.82, 2.24) is 5.32 Å². The Bertz CT molecular complexity index is 2110. The second-order valence-electron chi connectivity index (χ2n) is 26.4. The first-order valence-corrected chi connectivity index (χ1v) is 37.5. The van der Waals surface area contributed by atoms with Crippen molar-refractivity contribution in [2.75, 3.05) is 26.4 Å². The average molecular weight is 1360 g/mol. The predicted octanol–water partition coefficient (Wildman–Crippen LogP) is 11.2. The standard InChI is InChI=1S/C77H133NO18/c1-3-5-7-9-11-13-15-17-19-21-23-24-25-26-27-28-29-30-31-32-33-34-35-36-37-39-41-43-45-47-49-51-53-55-65(83)78-60(61(82)54-52-50-48-46-44-42-40-38-22-20-18-16-14-12-10-8-6-4-2)59-91-75-71(89)68(86)73(63(57-80)93-75)96-77-72(90)69(87)74(64(58-81)94-77)95-76-70(88)67(85)66(84)62(56-79)92-76/h5,7,11,13,17,19,23-24,26-27,29-30,32-33,35-36,60-64,66-77,79-82,84-90H,3-4,6,8-10,12,14-16,18,20-22,25,28,31,34,37-59H2,1-2H3,(H,78,83)/b7-5-,13-11-,19-17-,24-23-,27-26-,30-29-,33-32-,36-35-. The number of carbonyl (C=O) groups is 1. The molecule has 0 bridgehead atoms. The molecule has 3 fully saturated rings. The minimum absolute atomic E-state index is 0.251. The molecule has 3 rings (SSSR count). The molecule has 96 heavy (non-hydrogen) atoms. The summed E-state index contributed by atoms with van der Waals surface area (Å²) >= 11 is 0. The van der Waals surface area contributed by atoms with Crippen LogP contribution >= 0.6 is 0 Å². The minimum atomic E-state index is -1.98. The van der Waals surface area contributed by atoms with Crippen molar-refractivity contribution in [2.45, 2.75) is 356 Å². The Morgan fingerprint density at radius 3 is 1.12 bits per heavy atom. The van der Waals surface area contributed by atoms with Gasteiger partial charge < -0.3 is 89.9 Å². The number of amides is 1. The maximum Gasteiger partial charge on any atom is 0.220 e. The van der Waals surface area contributed by atoms with Gasteiger partial charge in [0.1, 0.15) is 73.2 Å². The zero-order valence-corrected chi connectivity index (χ0v) is 58.8. The maximum absolute atomic E-state index is 13.5. The summed E-state index contributed by atoms with van der Waals surface area (Å²) in [6.07, 6.45) is 49.0. The van der Waals surface area contributed by atoms with Gasteiger partial charge in [-0.3, -0.25) is 4.79 Å². The number of unbranched alkanes of at least 4 members (excludes halogenated alkanes) is 25. The second kappa shape index (κ2) is 57.3. The third-order valence-electron chi connectivity index (χ3n) is 18.2. The number of hydrogen-bond donors (Lipinski definition) is 12. The summed E-state index contributed by atoms with van der Waals surface area (Å²) in [5, 5.41) is 121. The summed E-state index contributed by atoms with van der Waals surface area (Å²) in [6.45, 7) is 1.69. The van der Waals surface area contributed by atoms with E-state index in [-0.39, 0.29) is 18.9 Å². The van der Waals surface area contributed by atoms with Crippen LogP contribution in [0.4, 0.5) is 0 Å². The summed E-state index contributed by atoms with van der Waals surface area (Å²) in [5.74, 6) is -0.254. The number of hydrogen-bond acceptors (Lipinski definition) is 18. The Balaban J connectivity index is 1.39. The highest BCUT2D eigenvalue weighted by Crippen LogP contribution is 2.33. The van der Waals surface area contributed by atoms with Gasteiger partial charge in [0, 0.05) is 6.42 Å². The van der Waals surface area contributed by atoms with Crippen LogP contribution in [0.25, 0.3) is 0 Å². The molecule has 17 unspecified atom stereocenters. The first kappa shape index (κ1) is 86.9. The third-order valence-corrected chi connectivity index (χ3v) is 18.2. The van der Waals surface area contributed by atoms with E-state index in [9.17, 15) is 61.0 Å². The van der Waals surface area contributed by atoms with Crippen molar-refractivity contribution in [3.8, 4) is 0 Å². The van der Waals surface area contributed by atoms with E-state index in [2.05, 4.69) is 116 Å². The Labute approximate surface area is 577 Å². The molecule has 554 valence electrons. The summed E-state index contributed by atoms with van der Waals surface area (Å²) < 4.78 is 34.5. The summed E-state index contributed by atoms with van der Waals surface area (Å²) in [4.78, 5) is 13.5. The molecule has 3 aliphatic heterocycles. The first-order valence-electron chi connectivity index (χ1n) is 37.5. The summed E-state index contributed by atoms with van der Waals surface area (Å²) in [6, 6.07) is -0.899. The number of rotatable bonds is 57. The van der Waals surface area contributed by atoms with Crippen LogP contribution in [0.2, 0.25) is 0 Å². The van der Waals surface area contributed by atoms with Crippen LogP contribution < -0.4 is 5.32 Å². The highest BCUT2D eigenvalue weighted by atomic mass is 16.8. The van der Waals surface area contributed by atoms with Gasteiger partial charge in [0.05, 0.1) is 38.6 Å². The third kappa shape index (κ3) is 37.9. The van der Waals surface area contributed by atoms with E-state index < -0.39 is 124 Å². The van der Waals surface area contributed by atoms with Gasteiger partial charge in [-0.25, -0.2) is 0 Å². The monoisotopic (exact) mass is 1360 g/mol. The van der Waals surface area contributed by atoms with Gasteiger partial charge in [-0.1, -0.05) is 265 Å². The van der Waals surface area contributed by atoms with E-state index in [1.165, 1.54) is 103 Å². The number of carbonyl (C=O) groups excluding carboxylic acids is 1. The molecule has 0 aliphatic carbocycles. The molecule has 19 heteroatoms. The SMILES string of the molecule is CC/C=C\C/C=C\C/C=C\C/C=C\C/C=C\C/C=C\C/C=C\C/C=C\CCCCCCCCCCC(=O)NC(COC1OC(CO)C(OC2OC(CO)C(OC3OC(CO)C(O)C(O)C3O)C(O)C2O)C(O)C1O)C(O)CCCCCCCCCCCCCCCCCCCC.